The summed E-state index contributed by atoms with van der Waals surface area (Å²) in [7, 11) is 4.18. The van der Waals surface area contributed by atoms with Crippen molar-refractivity contribution in [3.63, 3.8) is 0 Å². The summed E-state index contributed by atoms with van der Waals surface area (Å²) in [5.41, 5.74) is 2.33. The summed E-state index contributed by atoms with van der Waals surface area (Å²) in [5.74, 6) is 1.27. The Morgan fingerprint density at radius 3 is 2.73 bits per heavy atom. The van der Waals surface area contributed by atoms with E-state index in [0.29, 0.717) is 24.3 Å². The summed E-state index contributed by atoms with van der Waals surface area (Å²) in [6.07, 6.45) is 0. The number of hydrogen-bond donors (Lipinski definition) is 1. The first-order valence-corrected chi connectivity index (χ1v) is 8.87. The van der Waals surface area contributed by atoms with Crippen LogP contribution in [-0.2, 0) is 6.54 Å². The van der Waals surface area contributed by atoms with Gasteiger partial charge >= 0.3 is 0 Å². The van der Waals surface area contributed by atoms with Crippen molar-refractivity contribution in [2.75, 3.05) is 20.6 Å². The minimum Gasteiger partial charge on any atom is -0.338 e. The number of hydrogen-bond acceptors (Lipinski definition) is 7. The van der Waals surface area contributed by atoms with Crippen molar-refractivity contribution in [2.45, 2.75) is 12.6 Å². The summed E-state index contributed by atoms with van der Waals surface area (Å²) in [6, 6.07) is 4.49. The van der Waals surface area contributed by atoms with Crippen LogP contribution in [0, 0.1) is 0 Å². The second-order valence-electron chi connectivity index (χ2n) is 5.19. The van der Waals surface area contributed by atoms with E-state index in [4.69, 9.17) is 4.52 Å². The fourth-order valence-corrected chi connectivity index (χ4v) is 3.56. The lowest BCUT2D eigenvalue weighted by molar-refractivity contribution is 0.282. The third-order valence-corrected chi connectivity index (χ3v) is 4.80. The Morgan fingerprint density at radius 2 is 2.05 bits per heavy atom. The first-order chi connectivity index (χ1) is 10.7. The van der Waals surface area contributed by atoms with Crippen LogP contribution in [0.2, 0.25) is 0 Å². The lowest BCUT2D eigenvalue weighted by atomic mass is 10.1. The minimum atomic E-state index is 0.338. The molecule has 3 rings (SSSR count). The smallest absolute Gasteiger partial charge is 0.240 e. The van der Waals surface area contributed by atoms with E-state index in [0.717, 1.165) is 12.1 Å². The Balaban J connectivity index is 1.56. The van der Waals surface area contributed by atoms with Gasteiger partial charge < -0.3 is 14.7 Å². The van der Waals surface area contributed by atoms with Crippen LogP contribution in [-0.4, -0.2) is 35.7 Å². The fraction of sp³-hybridized carbons (Fsp3) is 0.333. The summed E-state index contributed by atoms with van der Waals surface area (Å²) < 4.78 is 5.29. The van der Waals surface area contributed by atoms with Gasteiger partial charge in [-0.1, -0.05) is 5.16 Å². The highest BCUT2D eigenvalue weighted by Gasteiger charge is 2.15. The SMILES string of the molecule is CN(C)C(CNCc1nc(-c2ccsc2)no1)c1ccsc1. The van der Waals surface area contributed by atoms with Crippen molar-refractivity contribution >= 4 is 22.7 Å². The highest BCUT2D eigenvalue weighted by atomic mass is 32.1. The Labute approximate surface area is 137 Å². The standard InChI is InChI=1S/C15H18N4OS2/c1-19(2)13(11-3-5-21-9-11)7-16-8-14-17-15(18-20-14)12-4-6-22-10-12/h3-6,9-10,13,16H,7-8H2,1-2H3. The molecule has 3 heterocycles. The van der Waals surface area contributed by atoms with Crippen LogP contribution in [0.15, 0.2) is 38.2 Å². The van der Waals surface area contributed by atoms with Crippen molar-refractivity contribution < 1.29 is 4.52 Å². The molecule has 0 bridgehead atoms. The highest BCUT2D eigenvalue weighted by molar-refractivity contribution is 7.08. The van der Waals surface area contributed by atoms with Gasteiger partial charge in [0.2, 0.25) is 11.7 Å². The molecule has 3 aromatic rings. The van der Waals surface area contributed by atoms with E-state index in [1.165, 1.54) is 5.56 Å². The fourth-order valence-electron chi connectivity index (χ4n) is 2.21. The van der Waals surface area contributed by atoms with Crippen LogP contribution in [0.1, 0.15) is 17.5 Å². The average molecular weight is 334 g/mol. The number of likely N-dealkylation sites (N-methyl/N-ethyl adjacent to an activating group) is 1. The molecule has 0 amide bonds. The van der Waals surface area contributed by atoms with Crippen LogP contribution in [0.3, 0.4) is 0 Å². The molecule has 0 saturated heterocycles. The molecule has 0 aliphatic rings. The average Bonchev–Trinajstić information content (AvgIpc) is 3.23. The van der Waals surface area contributed by atoms with Crippen LogP contribution in [0.5, 0.6) is 0 Å². The summed E-state index contributed by atoms with van der Waals surface area (Å²) >= 11 is 3.35. The van der Waals surface area contributed by atoms with Gasteiger partial charge in [-0.3, -0.25) is 0 Å². The zero-order chi connectivity index (χ0) is 15.4. The van der Waals surface area contributed by atoms with Crippen molar-refractivity contribution in [2.24, 2.45) is 0 Å². The van der Waals surface area contributed by atoms with Crippen molar-refractivity contribution in [3.05, 3.63) is 45.1 Å². The molecule has 116 valence electrons. The third-order valence-electron chi connectivity index (χ3n) is 3.41. The molecule has 7 heteroatoms. The maximum atomic E-state index is 5.29. The summed E-state index contributed by atoms with van der Waals surface area (Å²) in [4.78, 5) is 6.62. The molecular weight excluding hydrogens is 316 g/mol. The van der Waals surface area contributed by atoms with E-state index in [2.05, 4.69) is 51.3 Å². The predicted octanol–water partition coefficient (Wildman–Crippen LogP) is 3.25. The number of thiophene rings is 2. The molecule has 1 N–H and O–H groups in total. The van der Waals surface area contributed by atoms with Gasteiger partial charge in [-0.15, -0.1) is 0 Å². The van der Waals surface area contributed by atoms with Gasteiger partial charge in [-0.05, 0) is 47.9 Å². The molecule has 0 aliphatic carbocycles. The van der Waals surface area contributed by atoms with E-state index < -0.39 is 0 Å². The molecule has 5 nitrogen and oxygen atoms in total. The zero-order valence-electron chi connectivity index (χ0n) is 12.5. The molecule has 0 aromatic carbocycles. The summed E-state index contributed by atoms with van der Waals surface area (Å²) in [6.45, 7) is 1.41. The molecule has 0 fully saturated rings. The Hall–Kier alpha value is -1.54. The maximum Gasteiger partial charge on any atom is 0.240 e. The Morgan fingerprint density at radius 1 is 1.23 bits per heavy atom. The van der Waals surface area contributed by atoms with E-state index in [1.807, 2.05) is 16.8 Å². The molecule has 0 spiro atoms. The molecule has 3 aromatic heterocycles. The van der Waals surface area contributed by atoms with E-state index in [9.17, 15) is 0 Å². The van der Waals surface area contributed by atoms with E-state index >= 15 is 0 Å². The minimum absolute atomic E-state index is 0.338. The highest BCUT2D eigenvalue weighted by Crippen LogP contribution is 2.21. The van der Waals surface area contributed by atoms with Crippen molar-refractivity contribution in [1.29, 1.82) is 0 Å². The van der Waals surface area contributed by atoms with Gasteiger partial charge in [0.25, 0.3) is 0 Å². The molecule has 0 radical (unpaired) electrons. The normalized spacial score (nSPS) is 12.9. The van der Waals surface area contributed by atoms with Gasteiger partial charge in [-0.2, -0.15) is 27.7 Å². The quantitative estimate of drug-likeness (QED) is 0.719. The van der Waals surface area contributed by atoms with Crippen molar-refractivity contribution in [1.82, 2.24) is 20.4 Å². The molecule has 22 heavy (non-hydrogen) atoms. The van der Waals surface area contributed by atoms with Crippen LogP contribution in [0.25, 0.3) is 11.4 Å². The second-order valence-corrected chi connectivity index (χ2v) is 6.75. The summed E-state index contributed by atoms with van der Waals surface area (Å²) in [5, 5.41) is 15.7. The van der Waals surface area contributed by atoms with Gasteiger partial charge in [0.05, 0.1) is 6.54 Å². The molecule has 0 aliphatic heterocycles. The van der Waals surface area contributed by atoms with E-state index in [1.54, 1.807) is 22.7 Å². The van der Waals surface area contributed by atoms with Gasteiger partial charge in [-0.25, -0.2) is 0 Å². The van der Waals surface area contributed by atoms with E-state index in [-0.39, 0.29) is 0 Å². The predicted molar refractivity (Wildman–Crippen MR) is 90.1 cm³/mol. The number of nitrogens with one attached hydrogen (secondary N) is 1. The van der Waals surface area contributed by atoms with Gasteiger partial charge in [0, 0.05) is 23.5 Å². The zero-order valence-corrected chi connectivity index (χ0v) is 14.2. The van der Waals surface area contributed by atoms with Gasteiger partial charge in [0.15, 0.2) is 0 Å². The topological polar surface area (TPSA) is 54.2 Å². The number of nitrogens with zero attached hydrogens (tertiary/aromatic N) is 3. The number of aromatic nitrogens is 2. The first kappa shape index (κ1) is 15.4. The lowest BCUT2D eigenvalue weighted by Crippen LogP contribution is -2.30. The van der Waals surface area contributed by atoms with Gasteiger partial charge in [0.1, 0.15) is 0 Å². The lowest BCUT2D eigenvalue weighted by Gasteiger charge is -2.23. The molecule has 0 saturated carbocycles. The van der Waals surface area contributed by atoms with Crippen LogP contribution < -0.4 is 5.32 Å². The Bertz CT molecular complexity index is 676. The molecule has 1 atom stereocenters. The van der Waals surface area contributed by atoms with Crippen LogP contribution in [0.4, 0.5) is 0 Å². The first-order valence-electron chi connectivity index (χ1n) is 6.98. The second kappa shape index (κ2) is 7.15. The monoisotopic (exact) mass is 334 g/mol. The molecule has 1 unspecified atom stereocenters. The van der Waals surface area contributed by atoms with Crippen molar-refractivity contribution in [3.8, 4) is 11.4 Å². The largest absolute Gasteiger partial charge is 0.338 e. The maximum absolute atomic E-state index is 5.29. The number of rotatable bonds is 7. The molecular formula is C15H18N4OS2. The third kappa shape index (κ3) is 3.61. The van der Waals surface area contributed by atoms with Crippen LogP contribution >= 0.6 is 22.7 Å². The Kier molecular flexibility index (Phi) is 4.99.